The number of benzene rings is 2. The third-order valence-electron chi connectivity index (χ3n) is 6.75. The molecule has 8 nitrogen and oxygen atoms in total. The van der Waals surface area contributed by atoms with E-state index in [0.29, 0.717) is 35.1 Å². The molecule has 0 atom stereocenters. The summed E-state index contributed by atoms with van der Waals surface area (Å²) in [4.78, 5) is 21.6. The molecule has 0 aliphatic carbocycles. The van der Waals surface area contributed by atoms with Crippen molar-refractivity contribution in [2.45, 2.75) is 33.0 Å². The second-order valence-corrected chi connectivity index (χ2v) is 10.1. The van der Waals surface area contributed by atoms with Gasteiger partial charge in [-0.3, -0.25) is 9.48 Å². The summed E-state index contributed by atoms with van der Waals surface area (Å²) in [5.74, 6) is 0.792. The Bertz CT molecular complexity index is 1390. The maximum atomic E-state index is 14.2. The molecule has 5 rings (SSSR count). The molecular weight excluding hydrogens is 471 g/mol. The van der Waals surface area contributed by atoms with Gasteiger partial charge < -0.3 is 14.3 Å². The number of amides is 1. The number of halogens is 1. The zero-order valence-corrected chi connectivity index (χ0v) is 21.6. The van der Waals surface area contributed by atoms with E-state index in [1.54, 1.807) is 24.3 Å². The van der Waals surface area contributed by atoms with E-state index in [4.69, 9.17) is 4.52 Å². The zero-order valence-electron chi connectivity index (χ0n) is 21.6. The summed E-state index contributed by atoms with van der Waals surface area (Å²) >= 11 is 0. The van der Waals surface area contributed by atoms with E-state index in [0.717, 1.165) is 43.0 Å². The zero-order chi connectivity index (χ0) is 26.2. The molecule has 192 valence electrons. The van der Waals surface area contributed by atoms with E-state index < -0.39 is 5.67 Å². The summed E-state index contributed by atoms with van der Waals surface area (Å²) in [6.45, 7) is 8.78. The van der Waals surface area contributed by atoms with Gasteiger partial charge in [-0.25, -0.2) is 4.39 Å². The predicted molar refractivity (Wildman–Crippen MR) is 139 cm³/mol. The predicted octanol–water partition coefficient (Wildman–Crippen LogP) is 4.55. The summed E-state index contributed by atoms with van der Waals surface area (Å²) in [5, 5.41) is 8.75. The number of carbonyl (C=O) groups is 1. The van der Waals surface area contributed by atoms with Gasteiger partial charge in [-0.15, -0.1) is 0 Å². The first-order chi connectivity index (χ1) is 17.7. The van der Waals surface area contributed by atoms with E-state index in [9.17, 15) is 9.18 Å². The summed E-state index contributed by atoms with van der Waals surface area (Å²) in [6.07, 6.45) is 0. The molecule has 0 saturated carbocycles. The Morgan fingerprint density at radius 3 is 2.49 bits per heavy atom. The molecule has 9 heteroatoms. The van der Waals surface area contributed by atoms with E-state index in [1.165, 1.54) is 13.8 Å². The lowest BCUT2D eigenvalue weighted by molar-refractivity contribution is 0.0664. The number of likely N-dealkylation sites (N-methyl/N-ethyl adjacent to an activating group) is 1. The number of hydrogen-bond donors (Lipinski definition) is 0. The fourth-order valence-corrected chi connectivity index (χ4v) is 4.40. The largest absolute Gasteiger partial charge is 0.336 e. The van der Waals surface area contributed by atoms with Crippen LogP contribution in [-0.2, 0) is 12.2 Å². The molecule has 1 aliphatic heterocycles. The summed E-state index contributed by atoms with van der Waals surface area (Å²) in [5.41, 5.74) is 3.09. The molecule has 4 aromatic rings. The van der Waals surface area contributed by atoms with Crippen LogP contribution in [0, 0.1) is 6.92 Å². The average molecular weight is 503 g/mol. The van der Waals surface area contributed by atoms with Gasteiger partial charge in [-0.05, 0) is 57.1 Å². The second-order valence-electron chi connectivity index (χ2n) is 10.1. The van der Waals surface area contributed by atoms with Gasteiger partial charge in [0.2, 0.25) is 5.82 Å². The molecule has 1 fully saturated rings. The third-order valence-corrected chi connectivity index (χ3v) is 6.75. The minimum atomic E-state index is -1.41. The van der Waals surface area contributed by atoms with Crippen molar-refractivity contribution in [3.63, 3.8) is 0 Å². The van der Waals surface area contributed by atoms with E-state index in [2.05, 4.69) is 27.2 Å². The third kappa shape index (κ3) is 5.46. The molecule has 0 spiro atoms. The molecule has 2 aromatic carbocycles. The van der Waals surface area contributed by atoms with Crippen LogP contribution in [0.25, 0.3) is 23.0 Å². The smallest absolute Gasteiger partial charge is 0.278 e. The Hall–Kier alpha value is -3.85. The number of aryl methyl sites for hydroxylation is 1. The lowest BCUT2D eigenvalue weighted by atomic mass is 9.99. The number of nitrogens with zero attached hydrogens (tertiary/aromatic N) is 6. The normalized spacial score (nSPS) is 14.8. The SMILES string of the molecule is Cc1cc(-c2nc(-c3ccc(C(C)(C)F)cc3)no2)nn1Cc1cccc(C(=O)N2CCN(C)CC2)c1. The molecule has 3 heterocycles. The van der Waals surface area contributed by atoms with Crippen LogP contribution < -0.4 is 0 Å². The van der Waals surface area contributed by atoms with Crippen molar-refractivity contribution in [2.24, 2.45) is 0 Å². The van der Waals surface area contributed by atoms with E-state index >= 15 is 0 Å². The van der Waals surface area contributed by atoms with Crippen molar-refractivity contribution in [3.8, 4) is 23.0 Å². The molecule has 1 amide bonds. The molecule has 0 bridgehead atoms. The van der Waals surface area contributed by atoms with Crippen molar-refractivity contribution in [2.75, 3.05) is 33.2 Å². The van der Waals surface area contributed by atoms with Gasteiger partial charge in [0.1, 0.15) is 5.67 Å². The summed E-state index contributed by atoms with van der Waals surface area (Å²) in [7, 11) is 2.07. The van der Waals surface area contributed by atoms with Gasteiger partial charge in [0.15, 0.2) is 5.69 Å². The van der Waals surface area contributed by atoms with Crippen LogP contribution in [0.1, 0.15) is 41.0 Å². The van der Waals surface area contributed by atoms with Gasteiger partial charge in [0.05, 0.1) is 6.54 Å². The Labute approximate surface area is 215 Å². The number of carbonyl (C=O) groups excluding carboxylic acids is 1. The first kappa shape index (κ1) is 24.8. The van der Waals surface area contributed by atoms with Crippen molar-refractivity contribution in [1.82, 2.24) is 29.7 Å². The molecule has 0 N–H and O–H groups in total. The van der Waals surface area contributed by atoms with Crippen LogP contribution >= 0.6 is 0 Å². The van der Waals surface area contributed by atoms with E-state index in [1.807, 2.05) is 46.8 Å². The quantitative estimate of drug-likeness (QED) is 0.385. The molecule has 0 radical (unpaired) electrons. The number of piperazine rings is 1. The molecule has 1 saturated heterocycles. The van der Waals surface area contributed by atoms with Crippen LogP contribution in [-0.4, -0.2) is 68.9 Å². The second kappa shape index (κ2) is 9.89. The number of alkyl halides is 1. The van der Waals surface area contributed by atoms with Crippen LogP contribution in [0.15, 0.2) is 59.1 Å². The standard InChI is InChI=1S/C28H31FN6O2/c1-19-16-24(26-30-25(32-37-26)21-8-10-23(11-9-21)28(2,3)29)31-35(19)18-20-6-5-7-22(17-20)27(36)34-14-12-33(4)13-15-34/h5-11,16-17H,12-15,18H2,1-4H3. The number of aromatic nitrogens is 4. The number of hydrogen-bond acceptors (Lipinski definition) is 6. The fraction of sp³-hybridized carbons (Fsp3) is 0.357. The van der Waals surface area contributed by atoms with Crippen molar-refractivity contribution in [1.29, 1.82) is 0 Å². The highest BCUT2D eigenvalue weighted by molar-refractivity contribution is 5.94. The van der Waals surface area contributed by atoms with Gasteiger partial charge in [-0.2, -0.15) is 10.1 Å². The minimum absolute atomic E-state index is 0.0642. The van der Waals surface area contributed by atoms with E-state index in [-0.39, 0.29) is 5.91 Å². The van der Waals surface area contributed by atoms with Gasteiger partial charge in [0.25, 0.3) is 11.8 Å². The van der Waals surface area contributed by atoms with Gasteiger partial charge >= 0.3 is 0 Å². The highest BCUT2D eigenvalue weighted by Gasteiger charge is 2.22. The van der Waals surface area contributed by atoms with Crippen molar-refractivity contribution in [3.05, 3.63) is 77.0 Å². The monoisotopic (exact) mass is 502 g/mol. The average Bonchev–Trinajstić information content (AvgIpc) is 3.51. The van der Waals surface area contributed by atoms with Crippen LogP contribution in [0.3, 0.4) is 0 Å². The first-order valence-electron chi connectivity index (χ1n) is 12.4. The Kier molecular flexibility index (Phi) is 6.64. The van der Waals surface area contributed by atoms with Gasteiger partial charge in [-0.1, -0.05) is 41.6 Å². The molecule has 2 aromatic heterocycles. The summed E-state index contributed by atoms with van der Waals surface area (Å²) in [6, 6.07) is 16.6. The van der Waals surface area contributed by atoms with Crippen LogP contribution in [0.2, 0.25) is 0 Å². The maximum absolute atomic E-state index is 14.2. The van der Waals surface area contributed by atoms with Crippen molar-refractivity contribution >= 4 is 5.91 Å². The lowest BCUT2D eigenvalue weighted by Crippen LogP contribution is -2.47. The Morgan fingerprint density at radius 1 is 1.05 bits per heavy atom. The molecule has 37 heavy (non-hydrogen) atoms. The maximum Gasteiger partial charge on any atom is 0.278 e. The first-order valence-corrected chi connectivity index (χ1v) is 12.4. The number of rotatable bonds is 6. The lowest BCUT2D eigenvalue weighted by Gasteiger charge is -2.32. The summed E-state index contributed by atoms with van der Waals surface area (Å²) < 4.78 is 21.5. The van der Waals surface area contributed by atoms with Crippen molar-refractivity contribution < 1.29 is 13.7 Å². The fourth-order valence-electron chi connectivity index (χ4n) is 4.40. The molecular formula is C28H31FN6O2. The van der Waals surface area contributed by atoms with Crippen LogP contribution in [0.5, 0.6) is 0 Å². The highest BCUT2D eigenvalue weighted by Crippen LogP contribution is 2.28. The topological polar surface area (TPSA) is 80.3 Å². The Morgan fingerprint density at radius 2 is 1.78 bits per heavy atom. The molecule has 0 unspecified atom stereocenters. The Balaban J connectivity index is 1.30. The van der Waals surface area contributed by atoms with Crippen LogP contribution in [0.4, 0.5) is 4.39 Å². The van der Waals surface area contributed by atoms with Gasteiger partial charge in [0, 0.05) is 43.0 Å². The highest BCUT2D eigenvalue weighted by atomic mass is 19.1. The molecule has 1 aliphatic rings. The minimum Gasteiger partial charge on any atom is -0.336 e.